The van der Waals surface area contributed by atoms with Gasteiger partial charge in [-0.1, -0.05) is 25.1 Å². The van der Waals surface area contributed by atoms with Crippen LogP contribution in [0.3, 0.4) is 0 Å². The Morgan fingerprint density at radius 1 is 1.19 bits per heavy atom. The van der Waals surface area contributed by atoms with E-state index in [2.05, 4.69) is 10.3 Å². The van der Waals surface area contributed by atoms with Gasteiger partial charge in [-0.15, -0.1) is 0 Å². The van der Waals surface area contributed by atoms with Gasteiger partial charge in [-0.05, 0) is 37.8 Å². The molecule has 7 nitrogen and oxygen atoms in total. The first-order valence-electron chi connectivity index (χ1n) is 11.4. The second-order valence-electron chi connectivity index (χ2n) is 8.87. The van der Waals surface area contributed by atoms with Crippen LogP contribution in [0.1, 0.15) is 45.1 Å². The van der Waals surface area contributed by atoms with Gasteiger partial charge in [0.1, 0.15) is 6.04 Å². The summed E-state index contributed by atoms with van der Waals surface area (Å²) in [7, 11) is 0. The molecule has 0 bridgehead atoms. The van der Waals surface area contributed by atoms with Crippen LogP contribution in [0.5, 0.6) is 0 Å². The van der Waals surface area contributed by atoms with Gasteiger partial charge in [-0.3, -0.25) is 14.4 Å². The number of piperazine rings is 1. The van der Waals surface area contributed by atoms with E-state index >= 15 is 0 Å². The number of aromatic amines is 1. The summed E-state index contributed by atoms with van der Waals surface area (Å²) in [5.41, 5.74) is 2.03. The Balaban J connectivity index is 1.48. The number of H-pyrrole nitrogens is 1. The number of aromatic nitrogens is 1. The average Bonchev–Trinajstić information content (AvgIpc) is 3.54. The SMILES string of the molecule is CCCC(=O)NC(Cc1c[nH]c2ccccc12)C(=O)N1CCN(C(=O)C2CC2)C(C)C1. The van der Waals surface area contributed by atoms with Crippen LogP contribution in [0.4, 0.5) is 0 Å². The van der Waals surface area contributed by atoms with Crippen molar-refractivity contribution in [1.29, 1.82) is 0 Å². The fraction of sp³-hybridized carbons (Fsp3) is 0.542. The van der Waals surface area contributed by atoms with E-state index in [1.807, 2.05) is 54.1 Å². The second-order valence-corrected chi connectivity index (χ2v) is 8.87. The number of rotatable bonds is 7. The second kappa shape index (κ2) is 9.12. The fourth-order valence-electron chi connectivity index (χ4n) is 4.48. The monoisotopic (exact) mass is 424 g/mol. The maximum atomic E-state index is 13.5. The summed E-state index contributed by atoms with van der Waals surface area (Å²) < 4.78 is 0. The van der Waals surface area contributed by atoms with Crippen molar-refractivity contribution >= 4 is 28.6 Å². The van der Waals surface area contributed by atoms with Crippen molar-refractivity contribution in [1.82, 2.24) is 20.1 Å². The van der Waals surface area contributed by atoms with Crippen molar-refractivity contribution in [2.75, 3.05) is 19.6 Å². The number of hydrogen-bond donors (Lipinski definition) is 2. The molecule has 2 aromatic rings. The van der Waals surface area contributed by atoms with Gasteiger partial charge in [0.15, 0.2) is 0 Å². The highest BCUT2D eigenvalue weighted by Gasteiger charge is 2.39. The molecule has 166 valence electrons. The van der Waals surface area contributed by atoms with Gasteiger partial charge in [0.05, 0.1) is 0 Å². The van der Waals surface area contributed by atoms with Crippen molar-refractivity contribution in [3.8, 4) is 0 Å². The highest BCUT2D eigenvalue weighted by Crippen LogP contribution is 2.32. The summed E-state index contributed by atoms with van der Waals surface area (Å²) in [6.45, 7) is 5.53. The molecular formula is C24H32N4O3. The molecule has 3 amide bonds. The largest absolute Gasteiger partial charge is 0.361 e. The molecule has 1 aliphatic heterocycles. The average molecular weight is 425 g/mol. The lowest BCUT2D eigenvalue weighted by atomic mass is 10.0. The molecule has 1 aromatic carbocycles. The third kappa shape index (κ3) is 4.75. The molecule has 0 radical (unpaired) electrons. The number of carbonyl (C=O) groups is 3. The number of hydrogen-bond acceptors (Lipinski definition) is 3. The van der Waals surface area contributed by atoms with E-state index in [0.717, 1.165) is 35.7 Å². The summed E-state index contributed by atoms with van der Waals surface area (Å²) in [6, 6.07) is 7.36. The number of nitrogens with one attached hydrogen (secondary N) is 2. The van der Waals surface area contributed by atoms with E-state index in [1.54, 1.807) is 0 Å². The molecule has 1 aromatic heterocycles. The maximum absolute atomic E-state index is 13.5. The first-order valence-corrected chi connectivity index (χ1v) is 11.4. The Morgan fingerprint density at radius 2 is 1.97 bits per heavy atom. The Morgan fingerprint density at radius 3 is 2.68 bits per heavy atom. The van der Waals surface area contributed by atoms with Gasteiger partial charge in [-0.25, -0.2) is 0 Å². The van der Waals surface area contributed by atoms with Crippen molar-refractivity contribution in [3.05, 3.63) is 36.0 Å². The predicted molar refractivity (Wildman–Crippen MR) is 119 cm³/mol. The zero-order valence-corrected chi connectivity index (χ0v) is 18.4. The Labute approximate surface area is 183 Å². The van der Waals surface area contributed by atoms with Gasteiger partial charge < -0.3 is 20.1 Å². The van der Waals surface area contributed by atoms with Gasteiger partial charge in [-0.2, -0.15) is 0 Å². The predicted octanol–water partition coefficient (Wildman–Crippen LogP) is 2.46. The topological polar surface area (TPSA) is 85.5 Å². The summed E-state index contributed by atoms with van der Waals surface area (Å²) in [5.74, 6) is 0.246. The van der Waals surface area contributed by atoms with E-state index in [4.69, 9.17) is 0 Å². The van der Waals surface area contributed by atoms with Crippen molar-refractivity contribution < 1.29 is 14.4 Å². The van der Waals surface area contributed by atoms with Crippen LogP contribution in [-0.2, 0) is 20.8 Å². The molecule has 2 fully saturated rings. The minimum absolute atomic E-state index is 0.00844. The molecule has 2 N–H and O–H groups in total. The van der Waals surface area contributed by atoms with E-state index in [9.17, 15) is 14.4 Å². The highest BCUT2D eigenvalue weighted by molar-refractivity contribution is 5.90. The van der Waals surface area contributed by atoms with Crippen molar-refractivity contribution in [2.24, 2.45) is 5.92 Å². The molecule has 1 aliphatic carbocycles. The van der Waals surface area contributed by atoms with Crippen LogP contribution in [0.15, 0.2) is 30.5 Å². The number of carbonyl (C=O) groups excluding carboxylic acids is 3. The number of benzene rings is 1. The number of amides is 3. The molecule has 2 atom stereocenters. The Bertz CT molecular complexity index is 965. The molecule has 31 heavy (non-hydrogen) atoms. The van der Waals surface area contributed by atoms with Gasteiger partial charge in [0.25, 0.3) is 0 Å². The van der Waals surface area contributed by atoms with Gasteiger partial charge >= 0.3 is 0 Å². The first-order chi connectivity index (χ1) is 15.0. The Kier molecular flexibility index (Phi) is 6.30. The maximum Gasteiger partial charge on any atom is 0.245 e. The third-order valence-corrected chi connectivity index (χ3v) is 6.36. The molecule has 0 spiro atoms. The van der Waals surface area contributed by atoms with Gasteiger partial charge in [0, 0.05) is 61.5 Å². The summed E-state index contributed by atoms with van der Waals surface area (Å²) in [6.07, 6.45) is 5.47. The zero-order valence-electron chi connectivity index (χ0n) is 18.4. The number of nitrogens with zero attached hydrogens (tertiary/aromatic N) is 2. The Hall–Kier alpha value is -2.83. The fourth-order valence-corrected chi connectivity index (χ4v) is 4.48. The molecule has 2 unspecified atom stereocenters. The summed E-state index contributed by atoms with van der Waals surface area (Å²) >= 11 is 0. The summed E-state index contributed by atoms with van der Waals surface area (Å²) in [4.78, 5) is 45.3. The summed E-state index contributed by atoms with van der Waals surface area (Å²) in [5, 5.41) is 4.04. The smallest absolute Gasteiger partial charge is 0.245 e. The molecule has 7 heteroatoms. The van der Waals surface area contributed by atoms with Crippen LogP contribution in [-0.4, -0.2) is 64.2 Å². The minimum Gasteiger partial charge on any atom is -0.361 e. The quantitative estimate of drug-likeness (QED) is 0.716. The molecule has 2 aliphatic rings. The van der Waals surface area contributed by atoms with Crippen molar-refractivity contribution in [2.45, 2.75) is 58.0 Å². The van der Waals surface area contributed by atoms with Crippen LogP contribution in [0, 0.1) is 5.92 Å². The minimum atomic E-state index is -0.615. The lowest BCUT2D eigenvalue weighted by Gasteiger charge is -2.41. The number of para-hydroxylation sites is 1. The lowest BCUT2D eigenvalue weighted by Crippen LogP contribution is -2.59. The van der Waals surface area contributed by atoms with E-state index in [-0.39, 0.29) is 29.7 Å². The molecule has 1 saturated heterocycles. The molecule has 2 heterocycles. The zero-order chi connectivity index (χ0) is 22.0. The lowest BCUT2D eigenvalue weighted by molar-refractivity contribution is -0.145. The third-order valence-electron chi connectivity index (χ3n) is 6.36. The van der Waals surface area contributed by atoms with Crippen LogP contribution in [0.2, 0.25) is 0 Å². The number of fused-ring (bicyclic) bond motifs is 1. The van der Waals surface area contributed by atoms with Crippen LogP contribution >= 0.6 is 0 Å². The first kappa shape index (κ1) is 21.4. The standard InChI is InChI=1S/C24H32N4O3/c1-3-6-22(29)26-21(13-18-14-25-20-8-5-4-7-19(18)20)24(31)27-11-12-28(16(2)15-27)23(30)17-9-10-17/h4-5,7-8,14,16-17,21,25H,3,6,9-13,15H2,1-2H3,(H,26,29). The van der Waals surface area contributed by atoms with E-state index in [1.165, 1.54) is 0 Å². The normalized spacial score (nSPS) is 20.0. The van der Waals surface area contributed by atoms with E-state index < -0.39 is 6.04 Å². The van der Waals surface area contributed by atoms with Gasteiger partial charge in [0.2, 0.25) is 17.7 Å². The molecule has 1 saturated carbocycles. The van der Waals surface area contributed by atoms with Crippen LogP contribution < -0.4 is 5.32 Å². The molecular weight excluding hydrogens is 392 g/mol. The van der Waals surface area contributed by atoms with Crippen LogP contribution in [0.25, 0.3) is 10.9 Å². The van der Waals surface area contributed by atoms with E-state index in [0.29, 0.717) is 32.5 Å². The van der Waals surface area contributed by atoms with Crippen molar-refractivity contribution in [3.63, 3.8) is 0 Å². The molecule has 4 rings (SSSR count). The highest BCUT2D eigenvalue weighted by atomic mass is 16.2.